The van der Waals surface area contributed by atoms with Gasteiger partial charge in [0.1, 0.15) is 0 Å². The fourth-order valence-corrected chi connectivity index (χ4v) is 4.91. The third kappa shape index (κ3) is 4.06. The third-order valence-electron chi connectivity index (χ3n) is 4.94. The number of thiophene rings is 1. The number of ether oxygens (including phenoxy) is 1. The average Bonchev–Trinajstić information content (AvgIpc) is 3.33. The van der Waals surface area contributed by atoms with Crippen molar-refractivity contribution in [2.24, 2.45) is 0 Å². The number of benzene rings is 1. The predicted octanol–water partition coefficient (Wildman–Crippen LogP) is 3.95. The zero-order valence-corrected chi connectivity index (χ0v) is 17.2. The number of nitrogens with zero attached hydrogens (tertiary/aromatic N) is 3. The number of hydrogen-bond acceptors (Lipinski definition) is 6. The fraction of sp³-hybridized carbons (Fsp3) is 0.400. The Bertz CT molecular complexity index is 891. The SMILES string of the molecule is Cc1cc2nc(N(CCN3CCOCC3)C(=O)c3cccs3)sc2cc1C. The highest BCUT2D eigenvalue weighted by Gasteiger charge is 2.23. The van der Waals surface area contributed by atoms with Crippen molar-refractivity contribution >= 4 is 43.9 Å². The molecular formula is C20H23N3O2S2. The van der Waals surface area contributed by atoms with Crippen LogP contribution in [0.25, 0.3) is 10.2 Å². The molecule has 1 amide bonds. The van der Waals surface area contributed by atoms with Crippen LogP contribution in [0.3, 0.4) is 0 Å². The van der Waals surface area contributed by atoms with Crippen molar-refractivity contribution in [2.75, 3.05) is 44.3 Å². The van der Waals surface area contributed by atoms with E-state index in [2.05, 4.69) is 30.9 Å². The molecule has 1 aliphatic rings. The summed E-state index contributed by atoms with van der Waals surface area (Å²) in [4.78, 5) is 22.9. The maximum absolute atomic E-state index is 13.1. The summed E-state index contributed by atoms with van der Waals surface area (Å²) in [5.74, 6) is 0.0331. The zero-order chi connectivity index (χ0) is 18.8. The maximum Gasteiger partial charge on any atom is 0.270 e. The lowest BCUT2D eigenvalue weighted by atomic mass is 10.1. The summed E-state index contributed by atoms with van der Waals surface area (Å²) in [5.41, 5.74) is 3.44. The van der Waals surface area contributed by atoms with Crippen LogP contribution in [0, 0.1) is 13.8 Å². The molecule has 3 aromatic rings. The molecule has 2 aromatic heterocycles. The minimum absolute atomic E-state index is 0.0331. The predicted molar refractivity (Wildman–Crippen MR) is 112 cm³/mol. The second kappa shape index (κ2) is 8.06. The standard InChI is InChI=1S/C20H23N3O2S2/c1-14-12-16-18(13-15(14)2)27-20(21-16)23(19(24)17-4-3-11-26-17)6-5-22-7-9-25-10-8-22/h3-4,11-13H,5-10H2,1-2H3. The normalized spacial score (nSPS) is 15.3. The molecule has 1 saturated heterocycles. The minimum Gasteiger partial charge on any atom is -0.379 e. The van der Waals surface area contributed by atoms with E-state index in [1.165, 1.54) is 22.5 Å². The van der Waals surface area contributed by atoms with E-state index in [4.69, 9.17) is 9.72 Å². The molecule has 1 aliphatic heterocycles. The zero-order valence-electron chi connectivity index (χ0n) is 15.6. The molecule has 142 valence electrons. The van der Waals surface area contributed by atoms with Crippen LogP contribution >= 0.6 is 22.7 Å². The smallest absolute Gasteiger partial charge is 0.270 e. The number of carbonyl (C=O) groups is 1. The monoisotopic (exact) mass is 401 g/mol. The number of morpholine rings is 1. The molecule has 0 aliphatic carbocycles. The van der Waals surface area contributed by atoms with Crippen LogP contribution in [-0.4, -0.2) is 55.2 Å². The Morgan fingerprint density at radius 1 is 1.26 bits per heavy atom. The van der Waals surface area contributed by atoms with Gasteiger partial charge in [-0.3, -0.25) is 14.6 Å². The van der Waals surface area contributed by atoms with Gasteiger partial charge >= 0.3 is 0 Å². The lowest BCUT2D eigenvalue weighted by Crippen LogP contribution is -2.43. The summed E-state index contributed by atoms with van der Waals surface area (Å²) in [6, 6.07) is 8.08. The molecule has 0 bridgehead atoms. The van der Waals surface area contributed by atoms with E-state index >= 15 is 0 Å². The first-order valence-corrected chi connectivity index (χ1v) is 10.8. The van der Waals surface area contributed by atoms with E-state index in [1.54, 1.807) is 11.3 Å². The molecule has 0 N–H and O–H groups in total. The van der Waals surface area contributed by atoms with Crippen LogP contribution in [0.15, 0.2) is 29.6 Å². The summed E-state index contributed by atoms with van der Waals surface area (Å²) >= 11 is 3.08. The molecule has 0 unspecified atom stereocenters. The molecule has 5 nitrogen and oxygen atoms in total. The van der Waals surface area contributed by atoms with Gasteiger partial charge in [0.15, 0.2) is 5.13 Å². The van der Waals surface area contributed by atoms with Gasteiger partial charge in [0.2, 0.25) is 0 Å². The van der Waals surface area contributed by atoms with Crippen LogP contribution in [0.2, 0.25) is 0 Å². The van der Waals surface area contributed by atoms with Gasteiger partial charge in [-0.15, -0.1) is 11.3 Å². The van der Waals surface area contributed by atoms with E-state index in [1.807, 2.05) is 22.4 Å². The van der Waals surface area contributed by atoms with Crippen molar-refractivity contribution in [1.82, 2.24) is 9.88 Å². The van der Waals surface area contributed by atoms with E-state index < -0.39 is 0 Å². The summed E-state index contributed by atoms with van der Waals surface area (Å²) in [5, 5.41) is 2.72. The number of aromatic nitrogens is 1. The Morgan fingerprint density at radius 3 is 2.78 bits per heavy atom. The summed E-state index contributed by atoms with van der Waals surface area (Å²) in [6.07, 6.45) is 0. The number of rotatable bonds is 5. The second-order valence-corrected chi connectivity index (χ2v) is 8.75. The Labute approximate surface area is 167 Å². The largest absolute Gasteiger partial charge is 0.379 e. The van der Waals surface area contributed by atoms with Gasteiger partial charge in [-0.25, -0.2) is 4.98 Å². The maximum atomic E-state index is 13.1. The van der Waals surface area contributed by atoms with Crippen molar-refractivity contribution in [1.29, 1.82) is 0 Å². The minimum atomic E-state index is 0.0331. The van der Waals surface area contributed by atoms with Crippen molar-refractivity contribution in [3.05, 3.63) is 45.6 Å². The topological polar surface area (TPSA) is 45.7 Å². The molecule has 27 heavy (non-hydrogen) atoms. The van der Waals surface area contributed by atoms with Gasteiger partial charge in [0, 0.05) is 26.2 Å². The van der Waals surface area contributed by atoms with Crippen molar-refractivity contribution in [2.45, 2.75) is 13.8 Å². The summed E-state index contributed by atoms with van der Waals surface area (Å²) in [6.45, 7) is 9.03. The number of thiazole rings is 1. The number of carbonyl (C=O) groups excluding carboxylic acids is 1. The first-order valence-electron chi connectivity index (χ1n) is 9.15. The lowest BCUT2D eigenvalue weighted by molar-refractivity contribution is 0.0391. The molecule has 0 spiro atoms. The van der Waals surface area contributed by atoms with Crippen molar-refractivity contribution in [3.8, 4) is 0 Å². The van der Waals surface area contributed by atoms with Crippen LogP contribution in [0.1, 0.15) is 20.8 Å². The van der Waals surface area contributed by atoms with E-state index in [9.17, 15) is 4.79 Å². The summed E-state index contributed by atoms with van der Waals surface area (Å²) < 4.78 is 6.56. The fourth-order valence-electron chi connectivity index (χ4n) is 3.17. The van der Waals surface area contributed by atoms with Gasteiger partial charge in [-0.05, 0) is 48.6 Å². The molecular weight excluding hydrogens is 378 g/mol. The number of amides is 1. The number of fused-ring (bicyclic) bond motifs is 1. The van der Waals surface area contributed by atoms with Gasteiger partial charge in [0.05, 0.1) is 28.3 Å². The molecule has 1 fully saturated rings. The molecule has 0 atom stereocenters. The van der Waals surface area contributed by atoms with E-state index in [-0.39, 0.29) is 5.91 Å². The molecule has 4 rings (SSSR count). The molecule has 7 heteroatoms. The number of aryl methyl sites for hydroxylation is 2. The Balaban J connectivity index is 1.63. The molecule has 0 saturated carbocycles. The van der Waals surface area contributed by atoms with E-state index in [0.717, 1.165) is 53.1 Å². The van der Waals surface area contributed by atoms with Crippen LogP contribution < -0.4 is 4.90 Å². The van der Waals surface area contributed by atoms with Crippen molar-refractivity contribution in [3.63, 3.8) is 0 Å². The molecule has 1 aromatic carbocycles. The van der Waals surface area contributed by atoms with Crippen LogP contribution in [0.5, 0.6) is 0 Å². The summed E-state index contributed by atoms with van der Waals surface area (Å²) in [7, 11) is 0. The third-order valence-corrected chi connectivity index (χ3v) is 6.84. The second-order valence-electron chi connectivity index (χ2n) is 6.79. The number of anilines is 1. The van der Waals surface area contributed by atoms with E-state index in [0.29, 0.717) is 6.54 Å². The van der Waals surface area contributed by atoms with Gasteiger partial charge in [-0.1, -0.05) is 17.4 Å². The van der Waals surface area contributed by atoms with Crippen LogP contribution in [-0.2, 0) is 4.74 Å². The average molecular weight is 402 g/mol. The quantitative estimate of drug-likeness (QED) is 0.649. The van der Waals surface area contributed by atoms with Crippen LogP contribution in [0.4, 0.5) is 5.13 Å². The first kappa shape index (κ1) is 18.6. The molecule has 3 heterocycles. The Hall–Kier alpha value is -1.80. The van der Waals surface area contributed by atoms with Gasteiger partial charge < -0.3 is 4.74 Å². The highest BCUT2D eigenvalue weighted by atomic mass is 32.1. The highest BCUT2D eigenvalue weighted by molar-refractivity contribution is 7.22. The Morgan fingerprint density at radius 2 is 2.04 bits per heavy atom. The first-order chi connectivity index (χ1) is 13.1. The molecule has 0 radical (unpaired) electrons. The Kier molecular flexibility index (Phi) is 5.54. The van der Waals surface area contributed by atoms with Gasteiger partial charge in [0.25, 0.3) is 5.91 Å². The lowest BCUT2D eigenvalue weighted by Gasteiger charge is -2.29. The van der Waals surface area contributed by atoms with Crippen molar-refractivity contribution < 1.29 is 9.53 Å². The highest BCUT2D eigenvalue weighted by Crippen LogP contribution is 2.32. The number of hydrogen-bond donors (Lipinski definition) is 0. The van der Waals surface area contributed by atoms with Gasteiger partial charge in [-0.2, -0.15) is 0 Å².